The average molecular weight is 274 g/mol. The summed E-state index contributed by atoms with van der Waals surface area (Å²) in [6.45, 7) is 5.91. The standard InChI is InChI=1S/C13H26N2O4/c1-10(2)6-11(7-13(17)18)8-15-12(16)9-14-4-5-19-3/h10-11,14H,4-9H2,1-3H3,(H,15,16)(H,17,18)/t11-/m0/s1. The van der Waals surface area contributed by atoms with Gasteiger partial charge in [-0.3, -0.25) is 9.59 Å². The summed E-state index contributed by atoms with van der Waals surface area (Å²) in [7, 11) is 1.60. The van der Waals surface area contributed by atoms with Crippen molar-refractivity contribution in [2.45, 2.75) is 26.7 Å². The Kier molecular flexibility index (Phi) is 10.1. The van der Waals surface area contributed by atoms with Gasteiger partial charge in [0.05, 0.1) is 13.2 Å². The van der Waals surface area contributed by atoms with Crippen LogP contribution in [0.2, 0.25) is 0 Å². The normalized spacial score (nSPS) is 12.4. The number of carboxylic acids is 1. The van der Waals surface area contributed by atoms with Crippen LogP contribution in [0.1, 0.15) is 26.7 Å². The SMILES string of the molecule is COCCNCC(=O)NC[C@H](CC(=O)O)CC(C)C. The number of ether oxygens (including phenoxy) is 1. The van der Waals surface area contributed by atoms with Gasteiger partial charge >= 0.3 is 5.97 Å². The fourth-order valence-electron chi connectivity index (χ4n) is 1.85. The van der Waals surface area contributed by atoms with Gasteiger partial charge in [0.25, 0.3) is 0 Å². The van der Waals surface area contributed by atoms with Crippen molar-refractivity contribution < 1.29 is 19.4 Å². The zero-order valence-electron chi connectivity index (χ0n) is 12.1. The number of aliphatic carboxylic acids is 1. The molecule has 6 heteroatoms. The van der Waals surface area contributed by atoms with Crippen molar-refractivity contribution in [2.75, 3.05) is 33.4 Å². The van der Waals surface area contributed by atoms with Crippen LogP contribution in [-0.2, 0) is 14.3 Å². The summed E-state index contributed by atoms with van der Waals surface area (Å²) in [5.41, 5.74) is 0. The molecule has 0 bridgehead atoms. The molecule has 0 aromatic carbocycles. The third kappa shape index (κ3) is 11.7. The highest BCUT2D eigenvalue weighted by atomic mass is 16.5. The predicted octanol–water partition coefficient (Wildman–Crippen LogP) is 0.476. The van der Waals surface area contributed by atoms with Crippen LogP contribution >= 0.6 is 0 Å². The molecule has 0 saturated carbocycles. The Morgan fingerprint density at radius 2 is 2.00 bits per heavy atom. The predicted molar refractivity (Wildman–Crippen MR) is 73.0 cm³/mol. The summed E-state index contributed by atoms with van der Waals surface area (Å²) in [6, 6.07) is 0. The van der Waals surface area contributed by atoms with Gasteiger partial charge in [-0.25, -0.2) is 0 Å². The summed E-state index contributed by atoms with van der Waals surface area (Å²) in [4.78, 5) is 22.3. The molecule has 6 nitrogen and oxygen atoms in total. The van der Waals surface area contributed by atoms with Crippen molar-refractivity contribution >= 4 is 11.9 Å². The quantitative estimate of drug-likeness (QED) is 0.477. The Labute approximate surface area is 114 Å². The summed E-state index contributed by atoms with van der Waals surface area (Å²) >= 11 is 0. The van der Waals surface area contributed by atoms with Crippen LogP contribution in [0.3, 0.4) is 0 Å². The average Bonchev–Trinajstić information content (AvgIpc) is 2.30. The molecule has 0 fully saturated rings. The lowest BCUT2D eigenvalue weighted by Gasteiger charge is -2.17. The fraction of sp³-hybridized carbons (Fsp3) is 0.846. The molecule has 0 unspecified atom stereocenters. The first-order valence-electron chi connectivity index (χ1n) is 6.63. The lowest BCUT2D eigenvalue weighted by atomic mass is 9.94. The molecule has 0 spiro atoms. The number of hydrogen-bond acceptors (Lipinski definition) is 4. The van der Waals surface area contributed by atoms with Gasteiger partial charge in [0.2, 0.25) is 5.91 Å². The van der Waals surface area contributed by atoms with Crippen molar-refractivity contribution in [1.29, 1.82) is 0 Å². The number of nitrogens with one attached hydrogen (secondary N) is 2. The van der Waals surface area contributed by atoms with E-state index in [-0.39, 0.29) is 24.8 Å². The molecule has 0 aromatic heterocycles. The van der Waals surface area contributed by atoms with Crippen LogP contribution < -0.4 is 10.6 Å². The van der Waals surface area contributed by atoms with Crippen LogP contribution in [-0.4, -0.2) is 50.3 Å². The number of hydrogen-bond donors (Lipinski definition) is 3. The molecule has 112 valence electrons. The molecule has 0 aromatic rings. The summed E-state index contributed by atoms with van der Waals surface area (Å²) < 4.78 is 4.85. The minimum Gasteiger partial charge on any atom is -0.481 e. The Hall–Kier alpha value is -1.14. The van der Waals surface area contributed by atoms with Crippen molar-refractivity contribution in [3.05, 3.63) is 0 Å². The number of amides is 1. The van der Waals surface area contributed by atoms with Crippen molar-refractivity contribution in [3.8, 4) is 0 Å². The second-order valence-corrected chi connectivity index (χ2v) is 5.07. The van der Waals surface area contributed by atoms with Crippen LogP contribution in [0.4, 0.5) is 0 Å². The minimum absolute atomic E-state index is 0.0135. The second kappa shape index (κ2) is 10.8. The van der Waals surface area contributed by atoms with E-state index in [1.54, 1.807) is 7.11 Å². The van der Waals surface area contributed by atoms with Crippen molar-refractivity contribution in [2.24, 2.45) is 11.8 Å². The van der Waals surface area contributed by atoms with Gasteiger partial charge in [-0.2, -0.15) is 0 Å². The van der Waals surface area contributed by atoms with Crippen molar-refractivity contribution in [1.82, 2.24) is 10.6 Å². The van der Waals surface area contributed by atoms with Gasteiger partial charge in [0, 0.05) is 26.6 Å². The van der Waals surface area contributed by atoms with Gasteiger partial charge in [-0.05, 0) is 18.3 Å². The number of carbonyl (C=O) groups excluding carboxylic acids is 1. The number of rotatable bonds is 11. The van der Waals surface area contributed by atoms with E-state index >= 15 is 0 Å². The summed E-state index contributed by atoms with van der Waals surface area (Å²) in [5.74, 6) is -0.533. The monoisotopic (exact) mass is 274 g/mol. The lowest BCUT2D eigenvalue weighted by Crippen LogP contribution is -2.38. The molecule has 0 rings (SSSR count). The highest BCUT2D eigenvalue weighted by molar-refractivity contribution is 5.78. The van der Waals surface area contributed by atoms with Crippen LogP contribution in [0.5, 0.6) is 0 Å². The highest BCUT2D eigenvalue weighted by Gasteiger charge is 2.15. The molecule has 0 heterocycles. The molecule has 3 N–H and O–H groups in total. The van der Waals surface area contributed by atoms with E-state index in [1.165, 1.54) is 0 Å². The zero-order valence-corrected chi connectivity index (χ0v) is 12.1. The zero-order chi connectivity index (χ0) is 14.7. The first-order valence-corrected chi connectivity index (χ1v) is 6.63. The molecule has 19 heavy (non-hydrogen) atoms. The Morgan fingerprint density at radius 3 is 2.53 bits per heavy atom. The van der Waals surface area contributed by atoms with E-state index in [0.29, 0.717) is 25.6 Å². The van der Waals surface area contributed by atoms with Gasteiger partial charge in [0.1, 0.15) is 0 Å². The first-order chi connectivity index (χ1) is 8.95. The summed E-state index contributed by atoms with van der Waals surface area (Å²) in [5, 5.41) is 14.5. The van der Waals surface area contributed by atoms with Crippen LogP contribution in [0.25, 0.3) is 0 Å². The first kappa shape index (κ1) is 17.9. The van der Waals surface area contributed by atoms with Crippen LogP contribution in [0.15, 0.2) is 0 Å². The fourth-order valence-corrected chi connectivity index (χ4v) is 1.85. The molecule has 0 radical (unpaired) electrons. The highest BCUT2D eigenvalue weighted by Crippen LogP contribution is 2.14. The molecule has 1 atom stereocenters. The van der Waals surface area contributed by atoms with Gasteiger partial charge < -0.3 is 20.5 Å². The maximum Gasteiger partial charge on any atom is 0.303 e. The summed E-state index contributed by atoms with van der Waals surface area (Å²) in [6.07, 6.45) is 0.888. The van der Waals surface area contributed by atoms with Gasteiger partial charge in [-0.15, -0.1) is 0 Å². The third-order valence-electron chi connectivity index (χ3n) is 2.62. The maximum atomic E-state index is 11.5. The molecular formula is C13H26N2O4. The number of carboxylic acid groups (broad SMARTS) is 1. The maximum absolute atomic E-state index is 11.5. The molecule has 0 saturated heterocycles. The van der Waals surface area contributed by atoms with Crippen molar-refractivity contribution in [3.63, 3.8) is 0 Å². The molecule has 0 aliphatic heterocycles. The van der Waals surface area contributed by atoms with E-state index in [9.17, 15) is 9.59 Å². The molecule has 0 aliphatic carbocycles. The molecular weight excluding hydrogens is 248 g/mol. The van der Waals surface area contributed by atoms with E-state index in [0.717, 1.165) is 6.42 Å². The van der Waals surface area contributed by atoms with Gasteiger partial charge in [-0.1, -0.05) is 13.8 Å². The second-order valence-electron chi connectivity index (χ2n) is 5.07. The Balaban J connectivity index is 3.88. The minimum atomic E-state index is -0.821. The van der Waals surface area contributed by atoms with E-state index in [2.05, 4.69) is 10.6 Å². The van der Waals surface area contributed by atoms with Crippen LogP contribution in [0, 0.1) is 11.8 Å². The van der Waals surface area contributed by atoms with Gasteiger partial charge in [0.15, 0.2) is 0 Å². The smallest absolute Gasteiger partial charge is 0.303 e. The Bertz CT molecular complexity index is 269. The number of carbonyl (C=O) groups is 2. The molecule has 1 amide bonds. The topological polar surface area (TPSA) is 87.7 Å². The number of methoxy groups -OCH3 is 1. The van der Waals surface area contributed by atoms with E-state index in [1.807, 2.05) is 13.8 Å². The van der Waals surface area contributed by atoms with E-state index in [4.69, 9.17) is 9.84 Å². The third-order valence-corrected chi connectivity index (χ3v) is 2.62. The largest absolute Gasteiger partial charge is 0.481 e. The lowest BCUT2D eigenvalue weighted by molar-refractivity contribution is -0.138. The Morgan fingerprint density at radius 1 is 1.32 bits per heavy atom. The van der Waals surface area contributed by atoms with E-state index < -0.39 is 5.97 Å². The molecule has 0 aliphatic rings.